The molecule has 0 spiro atoms. The lowest BCUT2D eigenvalue weighted by Crippen LogP contribution is -2.43. The second-order valence-electron chi connectivity index (χ2n) is 4.38. The van der Waals surface area contributed by atoms with Crippen molar-refractivity contribution in [2.45, 2.75) is 19.4 Å². The molecule has 5 nitrogen and oxygen atoms in total. The fraction of sp³-hybridized carbons (Fsp3) is 0.385. The van der Waals surface area contributed by atoms with Crippen LogP contribution in [0.25, 0.3) is 0 Å². The molecule has 1 aromatic rings. The zero-order valence-corrected chi connectivity index (χ0v) is 10.4. The van der Waals surface area contributed by atoms with Gasteiger partial charge in [0.1, 0.15) is 6.04 Å². The Balaban J connectivity index is 2.29. The summed E-state index contributed by atoms with van der Waals surface area (Å²) in [4.78, 5) is 24.5. The minimum Gasteiger partial charge on any atom is -0.478 e. The smallest absolute Gasteiger partial charge is 0.335 e. The highest BCUT2D eigenvalue weighted by molar-refractivity contribution is 5.90. The van der Waals surface area contributed by atoms with E-state index in [1.54, 1.807) is 25.2 Å². The van der Waals surface area contributed by atoms with E-state index in [0.717, 1.165) is 24.2 Å². The second kappa shape index (κ2) is 4.68. The van der Waals surface area contributed by atoms with E-state index < -0.39 is 5.97 Å². The number of carboxylic acid groups (broad SMARTS) is 1. The van der Waals surface area contributed by atoms with Crippen molar-refractivity contribution in [2.75, 3.05) is 18.5 Å². The average Bonchev–Trinajstić information content (AvgIpc) is 2.79. The molecule has 0 radical (unpaired) electrons. The number of hydrogen-bond acceptors (Lipinski definition) is 3. The largest absolute Gasteiger partial charge is 0.478 e. The highest BCUT2D eigenvalue weighted by Crippen LogP contribution is 2.30. The number of amides is 1. The standard InChI is InChI=1S/C13H16N2O3/c1-8(12(16)14-2)15-6-5-9-7-10(13(17)18)3-4-11(9)15/h3-4,7-8H,5-6H2,1-2H3,(H,14,16)(H,17,18). The van der Waals surface area contributed by atoms with Gasteiger partial charge in [0.05, 0.1) is 5.56 Å². The van der Waals surface area contributed by atoms with Crippen molar-refractivity contribution < 1.29 is 14.7 Å². The third kappa shape index (κ3) is 2.03. The van der Waals surface area contributed by atoms with Crippen LogP contribution in [-0.2, 0) is 11.2 Å². The molecule has 2 N–H and O–H groups in total. The molecule has 2 rings (SSSR count). The van der Waals surface area contributed by atoms with Gasteiger partial charge in [-0.15, -0.1) is 0 Å². The number of carbonyl (C=O) groups is 2. The third-order valence-corrected chi connectivity index (χ3v) is 3.35. The van der Waals surface area contributed by atoms with E-state index in [-0.39, 0.29) is 11.9 Å². The van der Waals surface area contributed by atoms with Crippen molar-refractivity contribution in [3.8, 4) is 0 Å². The van der Waals surface area contributed by atoms with Crippen molar-refractivity contribution in [1.82, 2.24) is 5.32 Å². The van der Waals surface area contributed by atoms with E-state index in [1.165, 1.54) is 0 Å². The molecule has 1 aromatic carbocycles. The molecular formula is C13H16N2O3. The molecule has 0 fully saturated rings. The molecule has 1 heterocycles. The summed E-state index contributed by atoms with van der Waals surface area (Å²) < 4.78 is 0. The number of carbonyl (C=O) groups excluding carboxylic acids is 1. The van der Waals surface area contributed by atoms with Gasteiger partial charge in [-0.05, 0) is 37.1 Å². The summed E-state index contributed by atoms with van der Waals surface area (Å²) >= 11 is 0. The van der Waals surface area contributed by atoms with Crippen LogP contribution in [0.2, 0.25) is 0 Å². The first-order valence-corrected chi connectivity index (χ1v) is 5.89. The summed E-state index contributed by atoms with van der Waals surface area (Å²) in [5.41, 5.74) is 2.24. The number of anilines is 1. The number of benzene rings is 1. The van der Waals surface area contributed by atoms with Crippen LogP contribution in [0.15, 0.2) is 18.2 Å². The lowest BCUT2D eigenvalue weighted by Gasteiger charge is -2.25. The fourth-order valence-corrected chi connectivity index (χ4v) is 2.31. The third-order valence-electron chi connectivity index (χ3n) is 3.35. The maximum absolute atomic E-state index is 11.6. The van der Waals surface area contributed by atoms with Gasteiger partial charge in [-0.25, -0.2) is 4.79 Å². The Morgan fingerprint density at radius 2 is 2.17 bits per heavy atom. The van der Waals surface area contributed by atoms with Crippen molar-refractivity contribution in [3.05, 3.63) is 29.3 Å². The maximum Gasteiger partial charge on any atom is 0.335 e. The van der Waals surface area contributed by atoms with Gasteiger partial charge in [0, 0.05) is 19.3 Å². The van der Waals surface area contributed by atoms with Crippen LogP contribution in [0, 0.1) is 0 Å². The minimum atomic E-state index is -0.921. The predicted molar refractivity (Wildman–Crippen MR) is 68.0 cm³/mol. The molecule has 0 saturated carbocycles. The van der Waals surface area contributed by atoms with E-state index in [2.05, 4.69) is 5.32 Å². The summed E-state index contributed by atoms with van der Waals surface area (Å²) in [7, 11) is 1.61. The molecule has 0 aromatic heterocycles. The zero-order valence-electron chi connectivity index (χ0n) is 10.4. The normalized spacial score (nSPS) is 15.1. The molecule has 18 heavy (non-hydrogen) atoms. The summed E-state index contributed by atoms with van der Waals surface area (Å²) in [5.74, 6) is -0.958. The maximum atomic E-state index is 11.6. The number of fused-ring (bicyclic) bond motifs is 1. The molecule has 1 unspecified atom stereocenters. The number of nitrogens with zero attached hydrogens (tertiary/aromatic N) is 1. The van der Waals surface area contributed by atoms with Gasteiger partial charge in [0.15, 0.2) is 0 Å². The first-order valence-electron chi connectivity index (χ1n) is 5.89. The lowest BCUT2D eigenvalue weighted by molar-refractivity contribution is -0.121. The highest BCUT2D eigenvalue weighted by Gasteiger charge is 2.27. The van der Waals surface area contributed by atoms with Gasteiger partial charge in [-0.3, -0.25) is 4.79 Å². The Morgan fingerprint density at radius 1 is 1.44 bits per heavy atom. The summed E-state index contributed by atoms with van der Waals surface area (Å²) in [6.45, 7) is 2.59. The van der Waals surface area contributed by atoms with Gasteiger partial charge in [-0.2, -0.15) is 0 Å². The fourth-order valence-electron chi connectivity index (χ4n) is 2.31. The van der Waals surface area contributed by atoms with Crippen molar-refractivity contribution in [3.63, 3.8) is 0 Å². The number of likely N-dealkylation sites (N-methyl/N-ethyl adjacent to an activating group) is 1. The number of carboxylic acids is 1. The van der Waals surface area contributed by atoms with Gasteiger partial charge in [0.2, 0.25) is 5.91 Å². The second-order valence-corrected chi connectivity index (χ2v) is 4.38. The summed E-state index contributed by atoms with van der Waals surface area (Å²) in [5, 5.41) is 11.6. The topological polar surface area (TPSA) is 69.6 Å². The van der Waals surface area contributed by atoms with Crippen molar-refractivity contribution in [1.29, 1.82) is 0 Å². The molecule has 1 aliphatic heterocycles. The Morgan fingerprint density at radius 3 is 2.78 bits per heavy atom. The van der Waals surface area contributed by atoms with Crippen molar-refractivity contribution >= 4 is 17.6 Å². The summed E-state index contributed by atoms with van der Waals surface area (Å²) in [6, 6.07) is 4.81. The molecule has 0 bridgehead atoms. The van der Waals surface area contributed by atoms with Crippen LogP contribution < -0.4 is 10.2 Å². The molecule has 1 atom stereocenters. The first-order chi connectivity index (χ1) is 8.54. The average molecular weight is 248 g/mol. The Hall–Kier alpha value is -2.04. The van der Waals surface area contributed by atoms with Gasteiger partial charge in [0.25, 0.3) is 0 Å². The molecule has 1 amide bonds. The molecule has 1 aliphatic rings. The van der Waals surface area contributed by atoms with E-state index in [1.807, 2.05) is 11.8 Å². The Labute approximate surface area is 105 Å². The Kier molecular flexibility index (Phi) is 3.23. The quantitative estimate of drug-likeness (QED) is 0.833. The number of nitrogens with one attached hydrogen (secondary N) is 1. The van der Waals surface area contributed by atoms with Gasteiger partial charge < -0.3 is 15.3 Å². The molecular weight excluding hydrogens is 232 g/mol. The summed E-state index contributed by atoms with van der Waals surface area (Å²) in [6.07, 6.45) is 0.776. The van der Waals surface area contributed by atoms with E-state index in [9.17, 15) is 9.59 Å². The van der Waals surface area contributed by atoms with E-state index in [0.29, 0.717) is 5.56 Å². The van der Waals surface area contributed by atoms with Crippen LogP contribution in [0.4, 0.5) is 5.69 Å². The van der Waals surface area contributed by atoms with Crippen LogP contribution >= 0.6 is 0 Å². The predicted octanol–water partition coefficient (Wildman–Crippen LogP) is 0.882. The van der Waals surface area contributed by atoms with Crippen LogP contribution in [-0.4, -0.2) is 36.6 Å². The minimum absolute atomic E-state index is 0.0369. The van der Waals surface area contributed by atoms with Crippen LogP contribution in [0.5, 0.6) is 0 Å². The van der Waals surface area contributed by atoms with Gasteiger partial charge >= 0.3 is 5.97 Å². The molecule has 5 heteroatoms. The number of hydrogen-bond donors (Lipinski definition) is 2. The first kappa shape index (κ1) is 12.4. The molecule has 0 aliphatic carbocycles. The molecule has 96 valence electrons. The monoisotopic (exact) mass is 248 g/mol. The van der Waals surface area contributed by atoms with Crippen LogP contribution in [0.3, 0.4) is 0 Å². The van der Waals surface area contributed by atoms with E-state index in [4.69, 9.17) is 5.11 Å². The SMILES string of the molecule is CNC(=O)C(C)N1CCc2cc(C(=O)O)ccc21. The Bertz CT molecular complexity index is 499. The van der Waals surface area contributed by atoms with E-state index >= 15 is 0 Å². The van der Waals surface area contributed by atoms with Gasteiger partial charge in [-0.1, -0.05) is 0 Å². The lowest BCUT2D eigenvalue weighted by atomic mass is 10.1. The van der Waals surface area contributed by atoms with Crippen molar-refractivity contribution in [2.24, 2.45) is 0 Å². The zero-order chi connectivity index (χ0) is 13.3. The number of aromatic carboxylic acids is 1. The highest BCUT2D eigenvalue weighted by atomic mass is 16.4. The molecule has 0 saturated heterocycles. The van der Waals surface area contributed by atoms with Crippen LogP contribution in [0.1, 0.15) is 22.8 Å². The number of rotatable bonds is 3.